The maximum atomic E-state index is 5.72. The van der Waals surface area contributed by atoms with Gasteiger partial charge in [0.2, 0.25) is 0 Å². The van der Waals surface area contributed by atoms with Crippen LogP contribution in [0.5, 0.6) is 0 Å². The second-order valence-electron chi connectivity index (χ2n) is 8.93. The Morgan fingerprint density at radius 2 is 1.50 bits per heavy atom. The van der Waals surface area contributed by atoms with Crippen LogP contribution in [0.4, 0.5) is 0 Å². The van der Waals surface area contributed by atoms with Gasteiger partial charge in [-0.1, -0.05) is 103 Å². The minimum atomic E-state index is 0.474. The fraction of sp³-hybridized carbons (Fsp3) is 0.233. The van der Waals surface area contributed by atoms with Crippen molar-refractivity contribution in [3.8, 4) is 22.5 Å². The maximum absolute atomic E-state index is 5.72. The summed E-state index contributed by atoms with van der Waals surface area (Å²) in [6.07, 6.45) is 8.05. The lowest BCUT2D eigenvalue weighted by Crippen LogP contribution is -1.90. The lowest BCUT2D eigenvalue weighted by Gasteiger charge is -2.08. The van der Waals surface area contributed by atoms with Crippen molar-refractivity contribution >= 4 is 6.08 Å². The van der Waals surface area contributed by atoms with Gasteiger partial charge >= 0.3 is 0 Å². The summed E-state index contributed by atoms with van der Waals surface area (Å²) in [5.41, 5.74) is 8.35. The Morgan fingerprint density at radius 3 is 2.16 bits per heavy atom. The minimum absolute atomic E-state index is 0.474. The van der Waals surface area contributed by atoms with Gasteiger partial charge in [-0.15, -0.1) is 0 Å². The quantitative estimate of drug-likeness (QED) is 0.300. The van der Waals surface area contributed by atoms with Crippen molar-refractivity contribution in [1.29, 1.82) is 0 Å². The lowest BCUT2D eigenvalue weighted by atomic mass is 9.96. The average molecular weight is 420 g/mol. The molecule has 0 aliphatic heterocycles. The Balaban J connectivity index is 1.32. The van der Waals surface area contributed by atoms with Crippen LogP contribution in [-0.2, 0) is 0 Å². The molecule has 1 aliphatic carbocycles. The highest BCUT2D eigenvalue weighted by Gasteiger charge is 2.23. The summed E-state index contributed by atoms with van der Waals surface area (Å²) >= 11 is 0. The van der Waals surface area contributed by atoms with Crippen LogP contribution < -0.4 is 0 Å². The van der Waals surface area contributed by atoms with Crippen LogP contribution in [0.3, 0.4) is 0 Å². The zero-order valence-electron chi connectivity index (χ0n) is 18.8. The molecule has 1 heterocycles. The van der Waals surface area contributed by atoms with Crippen molar-refractivity contribution in [3.63, 3.8) is 0 Å². The molecule has 1 saturated carbocycles. The van der Waals surface area contributed by atoms with E-state index < -0.39 is 0 Å². The van der Waals surface area contributed by atoms with Crippen LogP contribution >= 0.6 is 0 Å². The van der Waals surface area contributed by atoms with E-state index in [0.717, 1.165) is 34.9 Å². The van der Waals surface area contributed by atoms with E-state index in [-0.39, 0.29) is 0 Å². The van der Waals surface area contributed by atoms with E-state index >= 15 is 0 Å². The summed E-state index contributed by atoms with van der Waals surface area (Å²) in [4.78, 5) is 0. The van der Waals surface area contributed by atoms with E-state index in [1.54, 1.807) is 0 Å². The predicted octanol–water partition coefficient (Wildman–Crippen LogP) is 8.40. The summed E-state index contributed by atoms with van der Waals surface area (Å²) in [6.45, 7) is 4.26. The van der Waals surface area contributed by atoms with Crippen LogP contribution in [0.2, 0.25) is 0 Å². The molecule has 0 spiro atoms. The molecule has 0 N–H and O–H groups in total. The summed E-state index contributed by atoms with van der Waals surface area (Å²) in [5.74, 6) is 2.10. The molecule has 0 bridgehead atoms. The van der Waals surface area contributed by atoms with Gasteiger partial charge in [0.1, 0.15) is 0 Å². The Bertz CT molecular complexity index is 1200. The van der Waals surface area contributed by atoms with Gasteiger partial charge in [0, 0.05) is 11.1 Å². The summed E-state index contributed by atoms with van der Waals surface area (Å²) in [7, 11) is 0. The molecule has 1 aromatic heterocycles. The van der Waals surface area contributed by atoms with E-state index in [1.807, 2.05) is 6.92 Å². The zero-order valence-corrected chi connectivity index (χ0v) is 18.8. The largest absolute Gasteiger partial charge is 0.355 e. The van der Waals surface area contributed by atoms with E-state index in [2.05, 4.69) is 103 Å². The van der Waals surface area contributed by atoms with Crippen LogP contribution in [0.25, 0.3) is 28.5 Å². The molecule has 1 unspecified atom stereocenters. The summed E-state index contributed by atoms with van der Waals surface area (Å²) < 4.78 is 5.72. The normalized spacial score (nSPS) is 14.7. The number of hydrogen-bond acceptors (Lipinski definition) is 2. The van der Waals surface area contributed by atoms with Gasteiger partial charge < -0.3 is 4.52 Å². The number of benzene rings is 3. The van der Waals surface area contributed by atoms with Gasteiger partial charge in [-0.2, -0.15) is 0 Å². The van der Waals surface area contributed by atoms with Crippen molar-refractivity contribution in [3.05, 3.63) is 107 Å². The highest BCUT2D eigenvalue weighted by Crippen LogP contribution is 2.40. The molecule has 0 amide bonds. The molecule has 2 heteroatoms. The van der Waals surface area contributed by atoms with Crippen LogP contribution in [-0.4, -0.2) is 5.16 Å². The molecule has 4 aromatic rings. The Morgan fingerprint density at radius 1 is 0.875 bits per heavy atom. The van der Waals surface area contributed by atoms with E-state index in [1.165, 1.54) is 35.1 Å². The van der Waals surface area contributed by atoms with Crippen molar-refractivity contribution in [1.82, 2.24) is 5.16 Å². The van der Waals surface area contributed by atoms with Gasteiger partial charge in [0.05, 0.1) is 5.69 Å². The highest BCUT2D eigenvalue weighted by molar-refractivity contribution is 5.74. The number of aryl methyl sites for hydroxylation is 1. The first kappa shape index (κ1) is 20.5. The highest BCUT2D eigenvalue weighted by atomic mass is 16.5. The number of rotatable bonds is 7. The summed E-state index contributed by atoms with van der Waals surface area (Å²) in [5, 5.41) is 4.24. The number of nitrogens with zero attached hydrogens (tertiary/aromatic N) is 1. The number of allylic oxidation sites excluding steroid dienone is 1. The SMILES string of the molecule is Cc1noc(-c2ccc(-c3ccc(C4CC4)cc3)cc2)c1/C=C\CC(C)c1ccccc1. The first-order valence-corrected chi connectivity index (χ1v) is 11.6. The molecule has 32 heavy (non-hydrogen) atoms. The Labute approximate surface area is 190 Å². The minimum Gasteiger partial charge on any atom is -0.355 e. The van der Waals surface area contributed by atoms with Gasteiger partial charge in [-0.05, 0) is 60.3 Å². The van der Waals surface area contributed by atoms with E-state index in [4.69, 9.17) is 4.52 Å². The van der Waals surface area contributed by atoms with Crippen molar-refractivity contribution in [2.24, 2.45) is 0 Å². The van der Waals surface area contributed by atoms with E-state index in [9.17, 15) is 0 Å². The molecule has 3 aromatic carbocycles. The van der Waals surface area contributed by atoms with Gasteiger partial charge in [-0.3, -0.25) is 0 Å². The molecular formula is C30H29NO. The second kappa shape index (κ2) is 9.00. The molecule has 2 nitrogen and oxygen atoms in total. The molecule has 5 rings (SSSR count). The lowest BCUT2D eigenvalue weighted by molar-refractivity contribution is 0.427. The Hall–Kier alpha value is -3.39. The van der Waals surface area contributed by atoms with Gasteiger partial charge in [0.25, 0.3) is 0 Å². The number of aromatic nitrogens is 1. The fourth-order valence-electron chi connectivity index (χ4n) is 4.27. The van der Waals surface area contributed by atoms with Crippen molar-refractivity contribution in [2.45, 2.75) is 44.9 Å². The third kappa shape index (κ3) is 4.45. The topological polar surface area (TPSA) is 26.0 Å². The molecule has 0 radical (unpaired) electrons. The first-order valence-electron chi connectivity index (χ1n) is 11.6. The third-order valence-corrected chi connectivity index (χ3v) is 6.49. The van der Waals surface area contributed by atoms with Crippen LogP contribution in [0, 0.1) is 6.92 Å². The predicted molar refractivity (Wildman–Crippen MR) is 133 cm³/mol. The van der Waals surface area contributed by atoms with Gasteiger partial charge in [0.15, 0.2) is 5.76 Å². The zero-order chi connectivity index (χ0) is 21.9. The fourth-order valence-corrected chi connectivity index (χ4v) is 4.27. The molecule has 1 aliphatic rings. The maximum Gasteiger partial charge on any atom is 0.174 e. The van der Waals surface area contributed by atoms with Crippen molar-refractivity contribution in [2.75, 3.05) is 0 Å². The molecular weight excluding hydrogens is 390 g/mol. The third-order valence-electron chi connectivity index (χ3n) is 6.49. The Kier molecular flexibility index (Phi) is 5.77. The molecule has 1 fully saturated rings. The summed E-state index contributed by atoms with van der Waals surface area (Å²) in [6, 6.07) is 28.3. The number of hydrogen-bond donors (Lipinski definition) is 0. The molecule has 160 valence electrons. The van der Waals surface area contributed by atoms with E-state index in [0.29, 0.717) is 5.92 Å². The standard InChI is InChI=1S/C30H29NO/c1-21(23-8-4-3-5-9-23)7-6-10-29-22(2)31-32-30(29)28-19-17-27(18-20-28)26-15-13-25(14-16-26)24-11-12-24/h3-6,8-10,13-21,24H,7,11-12H2,1-2H3/b10-6-. The average Bonchev–Trinajstić information content (AvgIpc) is 3.63. The smallest absolute Gasteiger partial charge is 0.174 e. The second-order valence-corrected chi connectivity index (χ2v) is 8.93. The first-order chi connectivity index (χ1) is 15.7. The van der Waals surface area contributed by atoms with Crippen LogP contribution in [0.15, 0.2) is 89.5 Å². The monoisotopic (exact) mass is 419 g/mol. The molecule has 1 atom stereocenters. The van der Waals surface area contributed by atoms with Gasteiger partial charge in [-0.25, -0.2) is 0 Å². The van der Waals surface area contributed by atoms with Crippen molar-refractivity contribution < 1.29 is 4.52 Å². The molecule has 0 saturated heterocycles. The van der Waals surface area contributed by atoms with Crippen LogP contribution in [0.1, 0.15) is 60.4 Å².